The molecule has 2 unspecified atom stereocenters. The smallest absolute Gasteiger partial charge is 0.253 e. The van der Waals surface area contributed by atoms with Gasteiger partial charge >= 0.3 is 0 Å². The molecule has 0 aliphatic heterocycles. The lowest BCUT2D eigenvalue weighted by molar-refractivity contribution is 0.0877. The highest BCUT2D eigenvalue weighted by atomic mass is 35.5. The number of carbonyl (C=O) groups is 1. The number of carbonyl (C=O) groups excluding carboxylic acids is 1. The fourth-order valence-corrected chi connectivity index (χ4v) is 6.04. The molecule has 2 aliphatic rings. The summed E-state index contributed by atoms with van der Waals surface area (Å²) in [6, 6.07) is 10.3. The van der Waals surface area contributed by atoms with Gasteiger partial charge in [0, 0.05) is 23.3 Å². The van der Waals surface area contributed by atoms with Crippen LogP contribution < -0.4 is 5.32 Å². The van der Waals surface area contributed by atoms with Crippen molar-refractivity contribution in [3.05, 3.63) is 70.9 Å². The summed E-state index contributed by atoms with van der Waals surface area (Å²) in [6.45, 7) is 4.24. The van der Waals surface area contributed by atoms with Crippen molar-refractivity contribution in [2.75, 3.05) is 0 Å². The van der Waals surface area contributed by atoms with E-state index in [0.717, 1.165) is 36.6 Å². The maximum absolute atomic E-state index is 13.9. The number of benzene rings is 1. The lowest BCUT2D eigenvalue weighted by Crippen LogP contribution is -2.48. The van der Waals surface area contributed by atoms with Gasteiger partial charge in [-0.2, -0.15) is 0 Å². The van der Waals surface area contributed by atoms with Crippen molar-refractivity contribution in [3.63, 3.8) is 0 Å². The molecule has 2 heterocycles. The molecule has 0 radical (unpaired) electrons. The summed E-state index contributed by atoms with van der Waals surface area (Å²) in [6.07, 6.45) is 7.79. The molecule has 2 saturated carbocycles. The van der Waals surface area contributed by atoms with Gasteiger partial charge in [0.25, 0.3) is 5.91 Å². The van der Waals surface area contributed by atoms with Gasteiger partial charge in [0.2, 0.25) is 0 Å². The average Bonchev–Trinajstić information content (AvgIpc) is 3.33. The van der Waals surface area contributed by atoms with E-state index in [1.165, 1.54) is 17.8 Å². The van der Waals surface area contributed by atoms with Gasteiger partial charge in [-0.25, -0.2) is 9.37 Å². The Hall–Kier alpha value is -2.53. The lowest BCUT2D eigenvalue weighted by atomic mass is 9.82. The quantitative estimate of drug-likeness (QED) is 0.484. The van der Waals surface area contributed by atoms with E-state index in [4.69, 9.17) is 11.6 Å². The van der Waals surface area contributed by atoms with Crippen molar-refractivity contribution in [1.29, 1.82) is 0 Å². The van der Waals surface area contributed by atoms with Crippen molar-refractivity contribution in [1.82, 2.24) is 15.3 Å². The number of aromatic nitrogens is 2. The number of nitrogens with zero attached hydrogens (tertiary/aromatic N) is 2. The number of hydrogen-bond acceptors (Lipinski definition) is 3. The van der Waals surface area contributed by atoms with Crippen LogP contribution in [-0.4, -0.2) is 21.4 Å². The zero-order chi connectivity index (χ0) is 22.5. The monoisotopic (exact) mass is 451 g/mol. The minimum absolute atomic E-state index is 0.112. The van der Waals surface area contributed by atoms with Crippen molar-refractivity contribution in [3.8, 4) is 0 Å². The molecule has 2 aromatic heterocycles. The second-order valence-electron chi connectivity index (χ2n) is 9.96. The van der Waals surface area contributed by atoms with E-state index >= 15 is 0 Å². The van der Waals surface area contributed by atoms with Crippen LogP contribution in [0.5, 0.6) is 0 Å². The first-order chi connectivity index (χ1) is 15.3. The maximum atomic E-state index is 13.9. The lowest BCUT2D eigenvalue weighted by Gasteiger charge is -2.34. The van der Waals surface area contributed by atoms with Crippen LogP contribution in [0.2, 0.25) is 5.15 Å². The van der Waals surface area contributed by atoms with Gasteiger partial charge in [-0.1, -0.05) is 11.6 Å². The minimum Gasteiger partial charge on any atom is -0.347 e. The fourth-order valence-electron chi connectivity index (χ4n) is 5.93. The topological polar surface area (TPSA) is 54.9 Å². The largest absolute Gasteiger partial charge is 0.347 e. The standard InChI is InChI=1S/C26H27ClFN3O/c1-26(2,31-25(32)15-3-6-24(27)30-14-15)19-11-16-9-18(10-17(16)12-19)21-7-8-29-23-5-4-20(28)13-22(21)23/h3-8,13-14,16-19H,9-12H2,1-2H3,(H,31,32)/t16-,17+,18?,19?. The third-order valence-corrected chi connectivity index (χ3v) is 7.86. The number of halogens is 2. The van der Waals surface area contributed by atoms with E-state index in [0.29, 0.717) is 34.4 Å². The molecule has 0 spiro atoms. The van der Waals surface area contributed by atoms with Gasteiger partial charge in [-0.15, -0.1) is 0 Å². The highest BCUT2D eigenvalue weighted by Gasteiger charge is 2.47. The van der Waals surface area contributed by atoms with Crippen LogP contribution in [0.15, 0.2) is 48.8 Å². The third-order valence-electron chi connectivity index (χ3n) is 7.64. The average molecular weight is 452 g/mol. The van der Waals surface area contributed by atoms with Gasteiger partial charge in [0.15, 0.2) is 0 Å². The summed E-state index contributed by atoms with van der Waals surface area (Å²) >= 11 is 5.84. The SMILES string of the molecule is CC(C)(NC(=O)c1ccc(Cl)nc1)C1C[C@H]2CC(c3ccnc4ccc(F)cc34)C[C@H]2C1. The first-order valence-electron chi connectivity index (χ1n) is 11.3. The number of amides is 1. The van der Waals surface area contributed by atoms with Crippen LogP contribution in [0.3, 0.4) is 0 Å². The van der Waals surface area contributed by atoms with E-state index < -0.39 is 0 Å². The number of hydrogen-bond donors (Lipinski definition) is 1. The molecule has 3 aromatic rings. The number of rotatable bonds is 4. The zero-order valence-electron chi connectivity index (χ0n) is 18.3. The van der Waals surface area contributed by atoms with Gasteiger partial charge in [-0.05, 0) is 105 Å². The summed E-state index contributed by atoms with van der Waals surface area (Å²) in [5, 5.41) is 4.55. The second kappa shape index (κ2) is 8.11. The van der Waals surface area contributed by atoms with Crippen molar-refractivity contribution < 1.29 is 9.18 Å². The normalized spacial score (nSPS) is 25.1. The molecule has 32 heavy (non-hydrogen) atoms. The van der Waals surface area contributed by atoms with E-state index in [9.17, 15) is 9.18 Å². The maximum Gasteiger partial charge on any atom is 0.253 e. The molecule has 4 atom stereocenters. The molecule has 0 bridgehead atoms. The Morgan fingerprint density at radius 1 is 1.06 bits per heavy atom. The van der Waals surface area contributed by atoms with E-state index in [-0.39, 0.29) is 17.3 Å². The Bertz CT molecular complexity index is 1150. The Balaban J connectivity index is 1.27. The van der Waals surface area contributed by atoms with Crippen molar-refractivity contribution in [2.45, 2.75) is 51.0 Å². The van der Waals surface area contributed by atoms with Gasteiger partial charge < -0.3 is 5.32 Å². The number of fused-ring (bicyclic) bond motifs is 2. The van der Waals surface area contributed by atoms with E-state index in [1.807, 2.05) is 6.20 Å². The van der Waals surface area contributed by atoms with E-state index in [2.05, 4.69) is 35.2 Å². The first kappa shape index (κ1) is 21.3. The zero-order valence-corrected chi connectivity index (χ0v) is 19.1. The van der Waals surface area contributed by atoms with Gasteiger partial charge in [0.05, 0.1) is 11.1 Å². The molecule has 5 rings (SSSR count). The van der Waals surface area contributed by atoms with Crippen LogP contribution in [0.25, 0.3) is 10.9 Å². The fraction of sp³-hybridized carbons (Fsp3) is 0.423. The molecule has 0 saturated heterocycles. The van der Waals surface area contributed by atoms with Crippen LogP contribution in [0.4, 0.5) is 4.39 Å². The van der Waals surface area contributed by atoms with Crippen LogP contribution in [0.1, 0.15) is 61.4 Å². The molecule has 1 aromatic carbocycles. The Labute approximate surface area is 192 Å². The van der Waals surface area contributed by atoms with Crippen molar-refractivity contribution >= 4 is 28.4 Å². The molecule has 6 heteroatoms. The second-order valence-corrected chi connectivity index (χ2v) is 10.4. The Morgan fingerprint density at radius 2 is 1.81 bits per heavy atom. The van der Waals surface area contributed by atoms with E-state index in [1.54, 1.807) is 24.3 Å². The molecule has 2 fully saturated rings. The van der Waals surface area contributed by atoms with Crippen molar-refractivity contribution in [2.24, 2.45) is 17.8 Å². The van der Waals surface area contributed by atoms with Gasteiger partial charge in [-0.3, -0.25) is 9.78 Å². The molecule has 2 aliphatic carbocycles. The summed E-state index contributed by atoms with van der Waals surface area (Å²) in [5.74, 6) is 1.81. The Kier molecular flexibility index (Phi) is 5.40. The third kappa shape index (κ3) is 3.99. The minimum atomic E-state index is -0.303. The highest BCUT2D eigenvalue weighted by molar-refractivity contribution is 6.29. The molecular weight excluding hydrogens is 425 g/mol. The molecule has 4 nitrogen and oxygen atoms in total. The first-order valence-corrected chi connectivity index (χ1v) is 11.7. The number of nitrogens with one attached hydrogen (secondary N) is 1. The summed E-state index contributed by atoms with van der Waals surface area (Å²) in [4.78, 5) is 21.2. The number of pyridine rings is 2. The summed E-state index contributed by atoms with van der Waals surface area (Å²) in [5.41, 5.74) is 2.31. The molecule has 1 amide bonds. The van der Waals surface area contributed by atoms with Crippen LogP contribution >= 0.6 is 11.6 Å². The Morgan fingerprint density at radius 3 is 2.50 bits per heavy atom. The van der Waals surface area contributed by atoms with Crippen LogP contribution in [0, 0.1) is 23.6 Å². The summed E-state index contributed by atoms with van der Waals surface area (Å²) in [7, 11) is 0. The molecule has 1 N–H and O–H groups in total. The van der Waals surface area contributed by atoms with Crippen LogP contribution in [-0.2, 0) is 0 Å². The predicted octanol–water partition coefficient (Wildman–Crippen LogP) is 6.15. The highest BCUT2D eigenvalue weighted by Crippen LogP contribution is 2.55. The molecular formula is C26H27ClFN3O. The van der Waals surface area contributed by atoms with Gasteiger partial charge in [0.1, 0.15) is 11.0 Å². The molecule has 166 valence electrons. The summed E-state index contributed by atoms with van der Waals surface area (Å²) < 4.78 is 13.9. The predicted molar refractivity (Wildman–Crippen MR) is 124 cm³/mol.